The fraction of sp³-hybridized carbons (Fsp3) is 0.545. The Morgan fingerprint density at radius 3 is 2.76 bits per heavy atom. The minimum absolute atomic E-state index is 0.225. The normalized spacial score (nSPS) is 16.4. The van der Waals surface area contributed by atoms with Crippen molar-refractivity contribution in [1.82, 2.24) is 4.72 Å². The van der Waals surface area contributed by atoms with Crippen molar-refractivity contribution in [3.8, 4) is 6.07 Å². The third kappa shape index (κ3) is 3.06. The van der Waals surface area contributed by atoms with Gasteiger partial charge in [-0.25, -0.2) is 13.1 Å². The highest BCUT2D eigenvalue weighted by Gasteiger charge is 2.20. The number of thiophene rings is 1. The average Bonchev–Trinajstić information content (AvgIpc) is 2.71. The lowest BCUT2D eigenvalue weighted by molar-refractivity contribution is 0.297. The fourth-order valence-corrected chi connectivity index (χ4v) is 3.97. The Kier molecular flexibility index (Phi) is 3.82. The molecule has 0 bridgehead atoms. The molecule has 0 aliphatic heterocycles. The van der Waals surface area contributed by atoms with Crippen molar-refractivity contribution in [3.63, 3.8) is 0 Å². The summed E-state index contributed by atoms with van der Waals surface area (Å²) in [7, 11) is -3.41. The van der Waals surface area contributed by atoms with E-state index < -0.39 is 10.0 Å². The molecule has 1 aliphatic rings. The molecule has 0 amide bonds. The van der Waals surface area contributed by atoms with Gasteiger partial charge in [-0.2, -0.15) is 5.26 Å². The number of sulfonamides is 1. The molecule has 6 heteroatoms. The van der Waals surface area contributed by atoms with Gasteiger partial charge in [-0.3, -0.25) is 0 Å². The largest absolute Gasteiger partial charge is 0.250 e. The van der Waals surface area contributed by atoms with Crippen molar-refractivity contribution < 1.29 is 8.42 Å². The second-order valence-electron chi connectivity index (χ2n) is 4.21. The molecule has 17 heavy (non-hydrogen) atoms. The topological polar surface area (TPSA) is 70.0 Å². The monoisotopic (exact) mass is 270 g/mol. The predicted molar refractivity (Wildman–Crippen MR) is 66.2 cm³/mol. The first-order valence-electron chi connectivity index (χ1n) is 5.61. The third-order valence-electron chi connectivity index (χ3n) is 3.03. The second-order valence-corrected chi connectivity index (χ2v) is 7.29. The summed E-state index contributed by atoms with van der Waals surface area (Å²) in [5.74, 6) is 0.690. The molecule has 0 aromatic carbocycles. The highest BCUT2D eigenvalue weighted by molar-refractivity contribution is 7.91. The van der Waals surface area contributed by atoms with Crippen LogP contribution in [0.4, 0.5) is 0 Å². The molecule has 1 aromatic heterocycles. The second kappa shape index (κ2) is 5.17. The molecule has 1 aliphatic carbocycles. The Morgan fingerprint density at radius 2 is 2.24 bits per heavy atom. The number of nitrogens with zero attached hydrogens (tertiary/aromatic N) is 1. The fourth-order valence-electron chi connectivity index (χ4n) is 1.77. The zero-order valence-corrected chi connectivity index (χ0v) is 11.0. The zero-order chi connectivity index (χ0) is 12.3. The smallest absolute Gasteiger partial charge is 0.210 e. The van der Waals surface area contributed by atoms with Gasteiger partial charge in [-0.1, -0.05) is 19.3 Å². The van der Waals surface area contributed by atoms with Gasteiger partial charge in [0.2, 0.25) is 10.0 Å². The van der Waals surface area contributed by atoms with Crippen LogP contribution in [0, 0.1) is 17.2 Å². The summed E-state index contributed by atoms with van der Waals surface area (Å²) in [5, 5.41) is 8.65. The molecular weight excluding hydrogens is 256 g/mol. The SMILES string of the molecule is N#Cc1ccc(S(=O)(=O)NCCC2CCC2)s1. The Labute approximate surface area is 105 Å². The summed E-state index contributed by atoms with van der Waals surface area (Å²) in [6.45, 7) is 0.493. The maximum absolute atomic E-state index is 11.8. The molecule has 1 N–H and O–H groups in total. The van der Waals surface area contributed by atoms with Crippen LogP contribution in [-0.4, -0.2) is 15.0 Å². The van der Waals surface area contributed by atoms with Crippen LogP contribution in [0.5, 0.6) is 0 Å². The summed E-state index contributed by atoms with van der Waals surface area (Å²) in [6, 6.07) is 4.95. The molecular formula is C11H14N2O2S2. The molecule has 1 aromatic rings. The van der Waals surface area contributed by atoms with Crippen LogP contribution >= 0.6 is 11.3 Å². The van der Waals surface area contributed by atoms with Gasteiger partial charge in [-0.05, 0) is 24.5 Å². The highest BCUT2D eigenvalue weighted by Crippen LogP contribution is 2.29. The van der Waals surface area contributed by atoms with Crippen molar-refractivity contribution in [2.24, 2.45) is 5.92 Å². The van der Waals surface area contributed by atoms with E-state index in [1.165, 1.54) is 31.4 Å². The molecule has 1 fully saturated rings. The molecule has 0 radical (unpaired) electrons. The van der Waals surface area contributed by atoms with E-state index >= 15 is 0 Å². The minimum Gasteiger partial charge on any atom is -0.210 e. The Balaban J connectivity index is 1.91. The average molecular weight is 270 g/mol. The zero-order valence-electron chi connectivity index (χ0n) is 9.35. The molecule has 1 saturated carbocycles. The Hall–Kier alpha value is -0.900. The quantitative estimate of drug-likeness (QED) is 0.890. The first kappa shape index (κ1) is 12.6. The van der Waals surface area contributed by atoms with Crippen LogP contribution in [0.15, 0.2) is 16.3 Å². The molecule has 0 saturated heterocycles. The summed E-state index contributed by atoms with van der Waals surface area (Å²) < 4.78 is 26.5. The standard InChI is InChI=1S/C11H14N2O2S2/c12-8-10-4-5-11(16-10)17(14,15)13-7-6-9-2-1-3-9/h4-5,9,13H,1-3,6-7H2. The van der Waals surface area contributed by atoms with E-state index in [9.17, 15) is 8.42 Å². The lowest BCUT2D eigenvalue weighted by Gasteiger charge is -2.24. The van der Waals surface area contributed by atoms with E-state index in [0.717, 1.165) is 17.8 Å². The van der Waals surface area contributed by atoms with Gasteiger partial charge in [0.25, 0.3) is 0 Å². The van der Waals surface area contributed by atoms with Crippen molar-refractivity contribution in [3.05, 3.63) is 17.0 Å². The molecule has 0 atom stereocenters. The van der Waals surface area contributed by atoms with E-state index in [4.69, 9.17) is 5.26 Å². The van der Waals surface area contributed by atoms with E-state index in [1.807, 2.05) is 6.07 Å². The lowest BCUT2D eigenvalue weighted by Crippen LogP contribution is -2.27. The van der Waals surface area contributed by atoms with Crippen LogP contribution in [0.25, 0.3) is 0 Å². The molecule has 1 heterocycles. The van der Waals surface area contributed by atoms with Crippen molar-refractivity contribution in [2.75, 3.05) is 6.54 Å². The van der Waals surface area contributed by atoms with Gasteiger partial charge >= 0.3 is 0 Å². The predicted octanol–water partition coefficient (Wildman–Crippen LogP) is 2.09. The summed E-state index contributed by atoms with van der Waals surface area (Å²) in [5.41, 5.74) is 0. The third-order valence-corrected chi connectivity index (χ3v) is 5.97. The van der Waals surface area contributed by atoms with E-state index in [-0.39, 0.29) is 4.21 Å². The van der Waals surface area contributed by atoms with Gasteiger partial charge in [0.1, 0.15) is 15.2 Å². The first-order chi connectivity index (χ1) is 8.12. The van der Waals surface area contributed by atoms with E-state index in [1.54, 1.807) is 0 Å². The van der Waals surface area contributed by atoms with Crippen molar-refractivity contribution in [2.45, 2.75) is 29.9 Å². The molecule has 2 rings (SSSR count). The Morgan fingerprint density at radius 1 is 1.47 bits per heavy atom. The van der Waals surface area contributed by atoms with Gasteiger partial charge < -0.3 is 0 Å². The minimum atomic E-state index is -3.41. The maximum atomic E-state index is 11.8. The van der Waals surface area contributed by atoms with Crippen LogP contribution < -0.4 is 4.72 Å². The van der Waals surface area contributed by atoms with E-state index in [0.29, 0.717) is 17.3 Å². The van der Waals surface area contributed by atoms with Crippen LogP contribution in [0.3, 0.4) is 0 Å². The number of nitriles is 1. The van der Waals surface area contributed by atoms with Crippen LogP contribution in [0.2, 0.25) is 0 Å². The van der Waals surface area contributed by atoms with Crippen molar-refractivity contribution >= 4 is 21.4 Å². The number of hydrogen-bond acceptors (Lipinski definition) is 4. The van der Waals surface area contributed by atoms with Crippen LogP contribution in [-0.2, 0) is 10.0 Å². The highest BCUT2D eigenvalue weighted by atomic mass is 32.2. The molecule has 0 unspecified atom stereocenters. The lowest BCUT2D eigenvalue weighted by atomic mass is 9.83. The maximum Gasteiger partial charge on any atom is 0.250 e. The summed E-state index contributed by atoms with van der Waals surface area (Å²) in [6.07, 6.45) is 4.63. The Bertz CT molecular complexity index is 524. The van der Waals surface area contributed by atoms with Crippen LogP contribution in [0.1, 0.15) is 30.6 Å². The summed E-state index contributed by atoms with van der Waals surface area (Å²) >= 11 is 1.01. The van der Waals surface area contributed by atoms with E-state index in [2.05, 4.69) is 4.72 Å². The molecule has 92 valence electrons. The summed E-state index contributed by atoms with van der Waals surface area (Å²) in [4.78, 5) is 0.421. The molecule has 0 spiro atoms. The van der Waals surface area contributed by atoms with Gasteiger partial charge in [0.05, 0.1) is 0 Å². The van der Waals surface area contributed by atoms with Gasteiger partial charge in [0.15, 0.2) is 0 Å². The van der Waals surface area contributed by atoms with Gasteiger partial charge in [-0.15, -0.1) is 11.3 Å². The number of hydrogen-bond donors (Lipinski definition) is 1. The first-order valence-corrected chi connectivity index (χ1v) is 7.91. The van der Waals surface area contributed by atoms with Crippen molar-refractivity contribution in [1.29, 1.82) is 5.26 Å². The number of rotatable bonds is 5. The molecule has 4 nitrogen and oxygen atoms in total. The number of nitrogens with one attached hydrogen (secondary N) is 1. The van der Waals surface area contributed by atoms with Gasteiger partial charge in [0, 0.05) is 6.54 Å².